The molecular formula is C17H20ClN3. The molecule has 3 rings (SSSR count). The molecule has 0 radical (unpaired) electrons. The summed E-state index contributed by atoms with van der Waals surface area (Å²) in [5, 5.41) is 0.583. The van der Waals surface area contributed by atoms with E-state index in [-0.39, 0.29) is 0 Å². The molecule has 1 atom stereocenters. The highest BCUT2D eigenvalue weighted by Crippen LogP contribution is 2.32. The number of anilines is 1. The number of aromatic nitrogens is 2. The molecule has 3 nitrogen and oxygen atoms in total. The number of rotatable bonds is 3. The third-order valence-electron chi connectivity index (χ3n) is 4.18. The molecule has 2 heterocycles. The number of aryl methyl sites for hydroxylation is 1. The molecule has 1 fully saturated rings. The Bertz CT molecular complexity index is 627. The van der Waals surface area contributed by atoms with Gasteiger partial charge in [-0.1, -0.05) is 48.9 Å². The highest BCUT2D eigenvalue weighted by molar-refractivity contribution is 6.30. The molecule has 21 heavy (non-hydrogen) atoms. The van der Waals surface area contributed by atoms with Crippen molar-refractivity contribution in [3.05, 3.63) is 52.4 Å². The van der Waals surface area contributed by atoms with Crippen LogP contribution in [0.25, 0.3) is 0 Å². The average Bonchev–Trinajstić information content (AvgIpc) is 3.00. The Hall–Kier alpha value is -1.61. The van der Waals surface area contributed by atoms with Gasteiger partial charge in [0.15, 0.2) is 0 Å². The summed E-state index contributed by atoms with van der Waals surface area (Å²) in [5.41, 5.74) is 2.40. The van der Waals surface area contributed by atoms with Crippen molar-refractivity contribution in [3.63, 3.8) is 0 Å². The number of nitrogens with zero attached hydrogens (tertiary/aromatic N) is 3. The predicted molar refractivity (Wildman–Crippen MR) is 87.2 cm³/mol. The van der Waals surface area contributed by atoms with E-state index < -0.39 is 0 Å². The van der Waals surface area contributed by atoms with E-state index >= 15 is 0 Å². The third-order valence-corrected chi connectivity index (χ3v) is 4.55. The summed E-state index contributed by atoms with van der Waals surface area (Å²) in [6.07, 6.45) is 1.97. The lowest BCUT2D eigenvalue weighted by Gasteiger charge is -2.21. The number of hydrogen-bond donors (Lipinski definition) is 0. The number of halogens is 1. The van der Waals surface area contributed by atoms with Gasteiger partial charge in [0.05, 0.1) is 0 Å². The Morgan fingerprint density at radius 3 is 2.71 bits per heavy atom. The molecule has 0 saturated carbocycles. The lowest BCUT2D eigenvalue weighted by Crippen LogP contribution is -2.22. The van der Waals surface area contributed by atoms with Crippen molar-refractivity contribution >= 4 is 17.4 Å². The van der Waals surface area contributed by atoms with Gasteiger partial charge in [-0.15, -0.1) is 0 Å². The standard InChI is InChI=1S/C17H20ClN3/c1-3-15-19-16(18)12(2)17(20-15)21-10-9-14(11-21)13-7-5-4-6-8-13/h4-8,14H,3,9-11H2,1-2H3. The van der Waals surface area contributed by atoms with Crippen LogP contribution in [0.2, 0.25) is 5.15 Å². The molecule has 1 saturated heterocycles. The summed E-state index contributed by atoms with van der Waals surface area (Å²) in [5.74, 6) is 2.40. The molecule has 0 spiro atoms. The third kappa shape index (κ3) is 2.88. The van der Waals surface area contributed by atoms with E-state index in [9.17, 15) is 0 Å². The number of benzene rings is 1. The molecule has 0 bridgehead atoms. The topological polar surface area (TPSA) is 29.0 Å². The zero-order valence-corrected chi connectivity index (χ0v) is 13.3. The fraction of sp³-hybridized carbons (Fsp3) is 0.412. The van der Waals surface area contributed by atoms with E-state index in [1.165, 1.54) is 5.56 Å². The van der Waals surface area contributed by atoms with Crippen LogP contribution in [0.5, 0.6) is 0 Å². The summed E-state index contributed by atoms with van der Waals surface area (Å²) in [6, 6.07) is 10.7. The summed E-state index contributed by atoms with van der Waals surface area (Å²) >= 11 is 6.25. The molecule has 1 aromatic heterocycles. The van der Waals surface area contributed by atoms with Gasteiger partial charge in [0, 0.05) is 31.0 Å². The van der Waals surface area contributed by atoms with Gasteiger partial charge in [-0.2, -0.15) is 0 Å². The highest BCUT2D eigenvalue weighted by Gasteiger charge is 2.26. The van der Waals surface area contributed by atoms with Crippen molar-refractivity contribution < 1.29 is 0 Å². The van der Waals surface area contributed by atoms with E-state index in [4.69, 9.17) is 16.6 Å². The maximum absolute atomic E-state index is 6.25. The average molecular weight is 302 g/mol. The van der Waals surface area contributed by atoms with Crippen LogP contribution in [0.3, 0.4) is 0 Å². The SMILES string of the molecule is CCc1nc(Cl)c(C)c(N2CCC(c3ccccc3)C2)n1. The van der Waals surface area contributed by atoms with E-state index in [2.05, 4.69) is 47.1 Å². The molecule has 0 N–H and O–H groups in total. The second-order valence-electron chi connectivity index (χ2n) is 5.58. The smallest absolute Gasteiger partial charge is 0.137 e. The summed E-state index contributed by atoms with van der Waals surface area (Å²) in [4.78, 5) is 11.4. The first-order chi connectivity index (χ1) is 10.2. The van der Waals surface area contributed by atoms with E-state index in [0.717, 1.165) is 43.1 Å². The van der Waals surface area contributed by atoms with Gasteiger partial charge < -0.3 is 4.90 Å². The molecule has 4 heteroatoms. The zero-order chi connectivity index (χ0) is 14.8. The minimum atomic E-state index is 0.574. The molecule has 1 aliphatic heterocycles. The van der Waals surface area contributed by atoms with E-state index in [0.29, 0.717) is 11.1 Å². The molecule has 1 aromatic carbocycles. The molecule has 2 aromatic rings. The van der Waals surface area contributed by atoms with Gasteiger partial charge in [0.1, 0.15) is 16.8 Å². The second kappa shape index (κ2) is 6.02. The molecule has 0 amide bonds. The van der Waals surface area contributed by atoms with E-state index in [1.807, 2.05) is 6.92 Å². The van der Waals surface area contributed by atoms with Crippen molar-refractivity contribution in [1.29, 1.82) is 0 Å². The van der Waals surface area contributed by atoms with Gasteiger partial charge in [-0.25, -0.2) is 9.97 Å². The maximum atomic E-state index is 6.25. The lowest BCUT2D eigenvalue weighted by atomic mass is 9.99. The van der Waals surface area contributed by atoms with Gasteiger partial charge in [0.25, 0.3) is 0 Å². The minimum Gasteiger partial charge on any atom is -0.356 e. The van der Waals surface area contributed by atoms with Crippen LogP contribution in [0.4, 0.5) is 5.82 Å². The summed E-state index contributed by atoms with van der Waals surface area (Å²) in [6.45, 7) is 6.09. The van der Waals surface area contributed by atoms with Crippen LogP contribution in [0.15, 0.2) is 30.3 Å². The van der Waals surface area contributed by atoms with Gasteiger partial charge in [0.2, 0.25) is 0 Å². The fourth-order valence-electron chi connectivity index (χ4n) is 2.94. The Kier molecular flexibility index (Phi) is 4.11. The Balaban J connectivity index is 1.85. The van der Waals surface area contributed by atoms with Crippen molar-refractivity contribution in [2.75, 3.05) is 18.0 Å². The van der Waals surface area contributed by atoms with Crippen molar-refractivity contribution in [2.45, 2.75) is 32.6 Å². The summed E-state index contributed by atoms with van der Waals surface area (Å²) < 4.78 is 0. The zero-order valence-electron chi connectivity index (χ0n) is 12.5. The maximum Gasteiger partial charge on any atom is 0.137 e. The lowest BCUT2D eigenvalue weighted by molar-refractivity contribution is 0.773. The highest BCUT2D eigenvalue weighted by atomic mass is 35.5. The van der Waals surface area contributed by atoms with Crippen LogP contribution < -0.4 is 4.90 Å². The quantitative estimate of drug-likeness (QED) is 0.803. The Morgan fingerprint density at radius 1 is 1.24 bits per heavy atom. The van der Waals surface area contributed by atoms with Crippen LogP contribution >= 0.6 is 11.6 Å². The largest absolute Gasteiger partial charge is 0.356 e. The first-order valence-electron chi connectivity index (χ1n) is 7.52. The molecule has 1 unspecified atom stereocenters. The number of hydrogen-bond acceptors (Lipinski definition) is 3. The predicted octanol–water partition coefficient (Wildman–Crippen LogP) is 3.99. The minimum absolute atomic E-state index is 0.574. The van der Waals surface area contributed by atoms with Crippen LogP contribution in [0, 0.1) is 6.92 Å². The molecule has 0 aliphatic carbocycles. The Labute approximate surface area is 131 Å². The van der Waals surface area contributed by atoms with Crippen molar-refractivity contribution in [3.8, 4) is 0 Å². The van der Waals surface area contributed by atoms with Gasteiger partial charge in [-0.05, 0) is 18.9 Å². The second-order valence-corrected chi connectivity index (χ2v) is 5.93. The fourth-order valence-corrected chi connectivity index (χ4v) is 3.12. The molecule has 1 aliphatic rings. The molecule has 110 valence electrons. The van der Waals surface area contributed by atoms with Crippen LogP contribution in [-0.4, -0.2) is 23.1 Å². The summed E-state index contributed by atoms with van der Waals surface area (Å²) in [7, 11) is 0. The Morgan fingerprint density at radius 2 is 2.00 bits per heavy atom. The van der Waals surface area contributed by atoms with Gasteiger partial charge >= 0.3 is 0 Å². The first kappa shape index (κ1) is 14.3. The first-order valence-corrected chi connectivity index (χ1v) is 7.89. The monoisotopic (exact) mass is 301 g/mol. The van der Waals surface area contributed by atoms with Crippen LogP contribution in [0.1, 0.15) is 36.2 Å². The molecular weight excluding hydrogens is 282 g/mol. The van der Waals surface area contributed by atoms with E-state index in [1.54, 1.807) is 0 Å². The van der Waals surface area contributed by atoms with Crippen LogP contribution in [-0.2, 0) is 6.42 Å². The normalized spacial score (nSPS) is 18.2. The van der Waals surface area contributed by atoms with Crippen molar-refractivity contribution in [2.24, 2.45) is 0 Å². The van der Waals surface area contributed by atoms with Crippen molar-refractivity contribution in [1.82, 2.24) is 9.97 Å². The van der Waals surface area contributed by atoms with Gasteiger partial charge in [-0.3, -0.25) is 0 Å².